The van der Waals surface area contributed by atoms with Crippen molar-refractivity contribution in [3.8, 4) is 0 Å². The van der Waals surface area contributed by atoms with Crippen molar-refractivity contribution in [1.29, 1.82) is 0 Å². The second kappa shape index (κ2) is 5.15. The lowest BCUT2D eigenvalue weighted by Gasteiger charge is -2.20. The number of hydrogen-bond donors (Lipinski definition) is 2. The average Bonchev–Trinajstić information content (AvgIpc) is 2.68. The van der Waals surface area contributed by atoms with Crippen molar-refractivity contribution in [2.75, 3.05) is 0 Å². The number of hydrogen-bond acceptors (Lipinski definition) is 2. The second-order valence-corrected chi connectivity index (χ2v) is 4.06. The Labute approximate surface area is 85.7 Å². The predicted molar refractivity (Wildman–Crippen MR) is 57.7 cm³/mol. The molecular weight excluding hydrogens is 176 g/mol. The number of nitrogens with two attached hydrogens (primary N) is 1. The van der Waals surface area contributed by atoms with Crippen molar-refractivity contribution in [2.24, 2.45) is 11.7 Å². The Morgan fingerprint density at radius 1 is 1.57 bits per heavy atom. The van der Waals surface area contributed by atoms with Gasteiger partial charge >= 0.3 is 0 Å². The van der Waals surface area contributed by atoms with Crippen molar-refractivity contribution in [1.82, 2.24) is 5.32 Å². The summed E-state index contributed by atoms with van der Waals surface area (Å²) in [5.41, 5.74) is 5.82. The molecule has 0 unspecified atom stereocenters. The molecule has 3 heteroatoms. The van der Waals surface area contributed by atoms with Crippen LogP contribution in [-0.4, -0.2) is 18.0 Å². The Balaban J connectivity index is 2.33. The maximum Gasteiger partial charge on any atom is 0.237 e. The highest BCUT2D eigenvalue weighted by Crippen LogP contribution is 2.11. The molecule has 3 nitrogen and oxygen atoms in total. The van der Waals surface area contributed by atoms with Crippen molar-refractivity contribution in [3.63, 3.8) is 0 Å². The number of rotatable bonds is 4. The molecule has 2 atom stereocenters. The van der Waals surface area contributed by atoms with Crippen molar-refractivity contribution >= 4 is 5.91 Å². The van der Waals surface area contributed by atoms with E-state index in [4.69, 9.17) is 5.73 Å². The summed E-state index contributed by atoms with van der Waals surface area (Å²) in [6, 6.07) is -0.0850. The highest BCUT2D eigenvalue weighted by atomic mass is 16.2. The Morgan fingerprint density at radius 3 is 2.64 bits per heavy atom. The van der Waals surface area contributed by atoms with Gasteiger partial charge in [-0.25, -0.2) is 0 Å². The first-order chi connectivity index (χ1) is 6.65. The molecule has 0 radical (unpaired) electrons. The minimum atomic E-state index is -0.361. The van der Waals surface area contributed by atoms with Crippen LogP contribution in [0.3, 0.4) is 0 Å². The first kappa shape index (κ1) is 11.2. The molecule has 0 fully saturated rings. The lowest BCUT2D eigenvalue weighted by molar-refractivity contribution is -0.124. The van der Waals surface area contributed by atoms with Crippen LogP contribution in [0.5, 0.6) is 0 Å². The standard InChI is InChI=1S/C11H20N2O/c1-3-8(2)10(12)11(14)13-9-6-4-5-7-9/h4-5,8-10H,3,6-7,12H2,1-2H3,(H,13,14)/t8-,10-/m0/s1. The van der Waals surface area contributed by atoms with Crippen molar-refractivity contribution < 1.29 is 4.79 Å². The molecule has 3 N–H and O–H groups in total. The maximum atomic E-state index is 11.6. The molecule has 0 bridgehead atoms. The number of carbonyl (C=O) groups is 1. The fraction of sp³-hybridized carbons (Fsp3) is 0.727. The summed E-state index contributed by atoms with van der Waals surface area (Å²) in [5.74, 6) is 0.248. The van der Waals surface area contributed by atoms with E-state index in [1.165, 1.54) is 0 Å². The van der Waals surface area contributed by atoms with Gasteiger partial charge in [-0.2, -0.15) is 0 Å². The Morgan fingerprint density at radius 2 is 2.14 bits per heavy atom. The van der Waals surface area contributed by atoms with Gasteiger partial charge < -0.3 is 11.1 Å². The first-order valence-electron chi connectivity index (χ1n) is 5.36. The van der Waals surface area contributed by atoms with Crippen LogP contribution in [0.15, 0.2) is 12.2 Å². The number of carbonyl (C=O) groups excluding carboxylic acids is 1. The zero-order valence-electron chi connectivity index (χ0n) is 8.99. The molecule has 1 rings (SSSR count). The van der Waals surface area contributed by atoms with Crippen LogP contribution in [-0.2, 0) is 4.79 Å². The summed E-state index contributed by atoms with van der Waals surface area (Å²) in [5, 5.41) is 2.97. The summed E-state index contributed by atoms with van der Waals surface area (Å²) in [7, 11) is 0. The number of nitrogens with one attached hydrogen (secondary N) is 1. The molecule has 0 aliphatic heterocycles. The summed E-state index contributed by atoms with van der Waals surface area (Å²) >= 11 is 0. The molecule has 0 aromatic carbocycles. The van der Waals surface area contributed by atoms with Crippen LogP contribution in [0, 0.1) is 5.92 Å². The van der Waals surface area contributed by atoms with Gasteiger partial charge in [0.25, 0.3) is 0 Å². The zero-order chi connectivity index (χ0) is 10.6. The number of amides is 1. The summed E-state index contributed by atoms with van der Waals surface area (Å²) in [6.07, 6.45) is 7.02. The van der Waals surface area contributed by atoms with E-state index >= 15 is 0 Å². The lowest BCUT2D eigenvalue weighted by atomic mass is 9.99. The molecule has 14 heavy (non-hydrogen) atoms. The third-order valence-electron chi connectivity index (χ3n) is 2.91. The second-order valence-electron chi connectivity index (χ2n) is 4.06. The molecule has 1 aliphatic carbocycles. The van der Waals surface area contributed by atoms with E-state index in [0.717, 1.165) is 19.3 Å². The molecule has 0 saturated carbocycles. The normalized spacial score (nSPS) is 20.8. The molecule has 80 valence electrons. The zero-order valence-corrected chi connectivity index (χ0v) is 8.99. The molecule has 0 aromatic rings. The fourth-order valence-electron chi connectivity index (χ4n) is 1.54. The van der Waals surface area contributed by atoms with Gasteiger partial charge in [0.15, 0.2) is 0 Å². The van der Waals surface area contributed by atoms with Gasteiger partial charge in [-0.1, -0.05) is 32.4 Å². The summed E-state index contributed by atoms with van der Waals surface area (Å²) in [6.45, 7) is 4.06. The molecule has 1 amide bonds. The van der Waals surface area contributed by atoms with E-state index in [1.54, 1.807) is 0 Å². The van der Waals surface area contributed by atoms with Crippen molar-refractivity contribution in [2.45, 2.75) is 45.2 Å². The SMILES string of the molecule is CC[C@H](C)[C@H](N)C(=O)NC1CC=CC1. The Kier molecular flexibility index (Phi) is 4.14. The van der Waals surface area contributed by atoms with E-state index in [1.807, 2.05) is 6.92 Å². The van der Waals surface area contributed by atoms with Crippen LogP contribution in [0.2, 0.25) is 0 Å². The third kappa shape index (κ3) is 2.84. The third-order valence-corrected chi connectivity index (χ3v) is 2.91. The van der Waals surface area contributed by atoms with E-state index < -0.39 is 0 Å². The minimum absolute atomic E-state index is 0.00644. The minimum Gasteiger partial charge on any atom is -0.351 e. The first-order valence-corrected chi connectivity index (χ1v) is 5.36. The molecule has 1 aliphatic rings. The van der Waals surface area contributed by atoms with Gasteiger partial charge in [-0.15, -0.1) is 0 Å². The fourth-order valence-corrected chi connectivity index (χ4v) is 1.54. The topological polar surface area (TPSA) is 55.1 Å². The predicted octanol–water partition coefficient (Wildman–Crippen LogP) is 1.19. The van der Waals surface area contributed by atoms with E-state index in [2.05, 4.69) is 24.4 Å². The highest BCUT2D eigenvalue weighted by molar-refractivity contribution is 5.82. The Bertz CT molecular complexity index is 217. The van der Waals surface area contributed by atoms with Gasteiger partial charge in [0, 0.05) is 6.04 Å². The largest absolute Gasteiger partial charge is 0.351 e. The van der Waals surface area contributed by atoms with E-state index in [-0.39, 0.29) is 23.9 Å². The van der Waals surface area contributed by atoms with E-state index in [0.29, 0.717) is 0 Å². The van der Waals surface area contributed by atoms with E-state index in [9.17, 15) is 4.79 Å². The average molecular weight is 196 g/mol. The summed E-state index contributed by atoms with van der Waals surface area (Å²) < 4.78 is 0. The molecular formula is C11H20N2O. The van der Waals surface area contributed by atoms with Gasteiger partial charge in [0.2, 0.25) is 5.91 Å². The van der Waals surface area contributed by atoms with Crippen molar-refractivity contribution in [3.05, 3.63) is 12.2 Å². The van der Waals surface area contributed by atoms with Gasteiger partial charge in [-0.3, -0.25) is 4.79 Å². The maximum absolute atomic E-state index is 11.6. The molecule has 0 heterocycles. The van der Waals surface area contributed by atoms with Gasteiger partial charge in [-0.05, 0) is 18.8 Å². The lowest BCUT2D eigenvalue weighted by Crippen LogP contribution is -2.47. The quantitative estimate of drug-likeness (QED) is 0.664. The monoisotopic (exact) mass is 196 g/mol. The van der Waals surface area contributed by atoms with Gasteiger partial charge in [0.1, 0.15) is 0 Å². The molecule has 0 aromatic heterocycles. The van der Waals surface area contributed by atoms with Crippen LogP contribution in [0.25, 0.3) is 0 Å². The van der Waals surface area contributed by atoms with Crippen LogP contribution >= 0.6 is 0 Å². The molecule has 0 spiro atoms. The Hall–Kier alpha value is -0.830. The van der Waals surface area contributed by atoms with Crippen LogP contribution in [0.1, 0.15) is 33.1 Å². The summed E-state index contributed by atoms with van der Waals surface area (Å²) in [4.78, 5) is 11.6. The molecule has 0 saturated heterocycles. The van der Waals surface area contributed by atoms with Gasteiger partial charge in [0.05, 0.1) is 6.04 Å². The highest BCUT2D eigenvalue weighted by Gasteiger charge is 2.22. The smallest absolute Gasteiger partial charge is 0.237 e. The van der Waals surface area contributed by atoms with Crippen LogP contribution < -0.4 is 11.1 Å². The van der Waals surface area contributed by atoms with Crippen LogP contribution in [0.4, 0.5) is 0 Å².